The van der Waals surface area contributed by atoms with Crippen molar-refractivity contribution in [3.63, 3.8) is 0 Å². The fourth-order valence-electron chi connectivity index (χ4n) is 1.23. The molecule has 2 heterocycles. The van der Waals surface area contributed by atoms with Crippen LogP contribution in [0.5, 0.6) is 0 Å². The Morgan fingerprint density at radius 2 is 2.13 bits per heavy atom. The fraction of sp³-hybridized carbons (Fsp3) is 0.111. The molecule has 0 aliphatic carbocycles. The van der Waals surface area contributed by atoms with E-state index in [1.54, 1.807) is 5.38 Å². The van der Waals surface area contributed by atoms with Crippen molar-refractivity contribution < 1.29 is 18.0 Å². The predicted molar refractivity (Wildman–Crippen MR) is 50.0 cm³/mol. The van der Waals surface area contributed by atoms with Gasteiger partial charge < -0.3 is 0 Å². The van der Waals surface area contributed by atoms with Gasteiger partial charge in [-0.25, -0.2) is 4.98 Å². The third-order valence-corrected chi connectivity index (χ3v) is 2.71. The van der Waals surface area contributed by atoms with Crippen LogP contribution in [0.15, 0.2) is 17.5 Å². The number of hydrogen-bond donors (Lipinski definition) is 0. The number of aldehydes is 1. The summed E-state index contributed by atoms with van der Waals surface area (Å²) in [6.45, 7) is 0. The number of fused-ring (bicyclic) bond motifs is 1. The van der Waals surface area contributed by atoms with Gasteiger partial charge in [-0.3, -0.25) is 4.79 Å². The second-order valence-electron chi connectivity index (χ2n) is 2.85. The predicted octanol–water partition coefficient (Wildman–Crippen LogP) is 3.13. The highest BCUT2D eigenvalue weighted by Crippen LogP contribution is 2.32. The van der Waals surface area contributed by atoms with Gasteiger partial charge in [-0.05, 0) is 17.5 Å². The van der Waals surface area contributed by atoms with E-state index in [9.17, 15) is 18.0 Å². The highest BCUT2D eigenvalue weighted by Gasteiger charge is 2.35. The summed E-state index contributed by atoms with van der Waals surface area (Å²) in [6, 6.07) is 2.70. The lowest BCUT2D eigenvalue weighted by Crippen LogP contribution is -2.11. The molecule has 0 aromatic carbocycles. The smallest absolute Gasteiger partial charge is 0.298 e. The van der Waals surface area contributed by atoms with Gasteiger partial charge in [-0.2, -0.15) is 13.2 Å². The first kappa shape index (κ1) is 10.1. The molecule has 0 radical (unpaired) electrons. The Morgan fingerprint density at radius 3 is 2.73 bits per heavy atom. The normalized spacial score (nSPS) is 11.9. The molecule has 2 nitrogen and oxygen atoms in total. The zero-order chi connectivity index (χ0) is 11.1. The average molecular weight is 231 g/mol. The summed E-state index contributed by atoms with van der Waals surface area (Å²) >= 11 is 1.25. The summed E-state index contributed by atoms with van der Waals surface area (Å²) in [5.74, 6) is 0. The largest absolute Gasteiger partial charge is 0.434 e. The van der Waals surface area contributed by atoms with Gasteiger partial charge in [0.25, 0.3) is 0 Å². The number of aromatic nitrogens is 1. The lowest BCUT2D eigenvalue weighted by atomic mass is 10.2. The Morgan fingerprint density at radius 1 is 1.40 bits per heavy atom. The third kappa shape index (κ3) is 1.72. The summed E-state index contributed by atoms with van der Waals surface area (Å²) in [4.78, 5) is 13.9. The zero-order valence-corrected chi connectivity index (χ0v) is 8.02. The molecular weight excluding hydrogens is 227 g/mol. The molecule has 15 heavy (non-hydrogen) atoms. The van der Waals surface area contributed by atoms with Crippen LogP contribution in [0.4, 0.5) is 13.2 Å². The van der Waals surface area contributed by atoms with Crippen molar-refractivity contribution in [3.05, 3.63) is 28.8 Å². The van der Waals surface area contributed by atoms with Crippen LogP contribution < -0.4 is 0 Å². The van der Waals surface area contributed by atoms with Crippen LogP contribution in [0.25, 0.3) is 10.2 Å². The molecular formula is C9H4F3NOS. The number of rotatable bonds is 1. The molecule has 0 fully saturated rings. The van der Waals surface area contributed by atoms with Gasteiger partial charge in [0.15, 0.2) is 12.0 Å². The molecule has 0 saturated carbocycles. The Bertz CT molecular complexity index is 518. The molecule has 0 aliphatic heterocycles. The first-order chi connectivity index (χ1) is 7.02. The van der Waals surface area contributed by atoms with E-state index in [4.69, 9.17) is 0 Å². The van der Waals surface area contributed by atoms with E-state index in [1.165, 1.54) is 23.5 Å². The van der Waals surface area contributed by atoms with Gasteiger partial charge >= 0.3 is 6.18 Å². The standard InChI is InChI=1S/C9H4F3NOS/c10-9(11,12)8-5(4-14)3-7-6(13-8)1-2-15-7/h1-4H. The summed E-state index contributed by atoms with van der Waals surface area (Å²) in [5.41, 5.74) is -1.28. The van der Waals surface area contributed by atoms with Crippen molar-refractivity contribution >= 4 is 27.8 Å². The van der Waals surface area contributed by atoms with Crippen molar-refractivity contribution in [2.24, 2.45) is 0 Å². The van der Waals surface area contributed by atoms with Crippen LogP contribution in [0.3, 0.4) is 0 Å². The summed E-state index contributed by atoms with van der Waals surface area (Å²) in [5, 5.41) is 1.63. The number of nitrogens with zero attached hydrogens (tertiary/aromatic N) is 1. The average Bonchev–Trinajstić information content (AvgIpc) is 2.60. The van der Waals surface area contributed by atoms with Crippen molar-refractivity contribution in [1.29, 1.82) is 0 Å². The minimum absolute atomic E-state index is 0.176. The zero-order valence-electron chi connectivity index (χ0n) is 7.21. The van der Waals surface area contributed by atoms with Gasteiger partial charge in [-0.1, -0.05) is 0 Å². The molecule has 0 spiro atoms. The maximum Gasteiger partial charge on any atom is 0.434 e. The van der Waals surface area contributed by atoms with Gasteiger partial charge in [0.05, 0.1) is 10.2 Å². The van der Waals surface area contributed by atoms with E-state index >= 15 is 0 Å². The molecule has 2 rings (SSSR count). The maximum atomic E-state index is 12.5. The number of halogens is 3. The molecule has 0 atom stereocenters. The molecule has 0 amide bonds. The van der Waals surface area contributed by atoms with Crippen molar-refractivity contribution in [3.8, 4) is 0 Å². The van der Waals surface area contributed by atoms with Crippen LogP contribution in [0, 0.1) is 0 Å². The molecule has 0 saturated heterocycles. The second kappa shape index (κ2) is 3.30. The number of alkyl halides is 3. The quantitative estimate of drug-likeness (QED) is 0.706. The molecule has 2 aromatic heterocycles. The topological polar surface area (TPSA) is 30.0 Å². The number of pyridine rings is 1. The number of carbonyl (C=O) groups excluding carboxylic acids is 1. The van der Waals surface area contributed by atoms with E-state index in [2.05, 4.69) is 4.98 Å². The first-order valence-electron chi connectivity index (χ1n) is 3.93. The second-order valence-corrected chi connectivity index (χ2v) is 3.79. The molecule has 0 bridgehead atoms. The lowest BCUT2D eigenvalue weighted by Gasteiger charge is -2.07. The highest BCUT2D eigenvalue weighted by molar-refractivity contribution is 7.17. The molecule has 6 heteroatoms. The molecule has 0 N–H and O–H groups in total. The van der Waals surface area contributed by atoms with E-state index in [0.29, 0.717) is 4.70 Å². The maximum absolute atomic E-state index is 12.5. The fourth-order valence-corrected chi connectivity index (χ4v) is 2.00. The summed E-state index contributed by atoms with van der Waals surface area (Å²) < 4.78 is 37.9. The van der Waals surface area contributed by atoms with Gasteiger partial charge in [0.2, 0.25) is 0 Å². The number of carbonyl (C=O) groups is 1. The van der Waals surface area contributed by atoms with E-state index in [0.717, 1.165) is 0 Å². The minimum Gasteiger partial charge on any atom is -0.298 e. The monoisotopic (exact) mass is 231 g/mol. The van der Waals surface area contributed by atoms with Crippen molar-refractivity contribution in [1.82, 2.24) is 4.98 Å². The Balaban J connectivity index is 2.75. The van der Waals surface area contributed by atoms with Crippen LogP contribution in [-0.4, -0.2) is 11.3 Å². The van der Waals surface area contributed by atoms with Gasteiger partial charge in [0, 0.05) is 5.56 Å². The van der Waals surface area contributed by atoms with E-state index < -0.39 is 17.4 Å². The summed E-state index contributed by atoms with van der Waals surface area (Å²) in [6.07, 6.45) is -4.42. The SMILES string of the molecule is O=Cc1cc2sccc2nc1C(F)(F)F. The van der Waals surface area contributed by atoms with E-state index in [1.807, 2.05) is 0 Å². The van der Waals surface area contributed by atoms with Crippen molar-refractivity contribution in [2.75, 3.05) is 0 Å². The Kier molecular flexibility index (Phi) is 2.22. The number of thiophene rings is 1. The number of hydrogen-bond acceptors (Lipinski definition) is 3. The third-order valence-electron chi connectivity index (χ3n) is 1.86. The van der Waals surface area contributed by atoms with Crippen LogP contribution in [-0.2, 0) is 6.18 Å². The Hall–Kier alpha value is -1.43. The van der Waals surface area contributed by atoms with Crippen molar-refractivity contribution in [2.45, 2.75) is 6.18 Å². The minimum atomic E-state index is -4.59. The molecule has 78 valence electrons. The van der Waals surface area contributed by atoms with Crippen LogP contribution in [0.2, 0.25) is 0 Å². The first-order valence-corrected chi connectivity index (χ1v) is 4.81. The summed E-state index contributed by atoms with van der Waals surface area (Å²) in [7, 11) is 0. The van der Waals surface area contributed by atoms with Crippen LogP contribution in [0.1, 0.15) is 16.1 Å². The van der Waals surface area contributed by atoms with Crippen LogP contribution >= 0.6 is 11.3 Å². The molecule has 2 aromatic rings. The van der Waals surface area contributed by atoms with Gasteiger partial charge in [-0.15, -0.1) is 11.3 Å². The van der Waals surface area contributed by atoms with E-state index in [-0.39, 0.29) is 11.8 Å². The van der Waals surface area contributed by atoms with Gasteiger partial charge in [0.1, 0.15) is 0 Å². The lowest BCUT2D eigenvalue weighted by molar-refractivity contribution is -0.141. The Labute approximate surface area is 86.4 Å². The molecule has 0 unspecified atom stereocenters. The highest BCUT2D eigenvalue weighted by atomic mass is 32.1. The molecule has 0 aliphatic rings.